The Hall–Kier alpha value is -3.02. The molecule has 1 saturated heterocycles. The lowest BCUT2D eigenvalue weighted by molar-refractivity contribution is 0.0772. The zero-order valence-electron chi connectivity index (χ0n) is 13.0. The molecule has 1 aliphatic rings. The van der Waals surface area contributed by atoms with E-state index >= 15 is 0 Å². The van der Waals surface area contributed by atoms with Crippen LogP contribution in [-0.4, -0.2) is 45.0 Å². The lowest BCUT2D eigenvalue weighted by Gasteiger charge is -2.17. The molecule has 1 atom stereocenters. The fraction of sp³-hybridized carbons (Fsp3) is 0.222. The van der Waals surface area contributed by atoms with E-state index in [4.69, 9.17) is 4.74 Å². The second kappa shape index (κ2) is 6.23. The van der Waals surface area contributed by atoms with Gasteiger partial charge in [-0.1, -0.05) is 0 Å². The zero-order valence-corrected chi connectivity index (χ0v) is 13.0. The Balaban J connectivity index is 1.46. The number of hydrogen-bond acceptors (Lipinski definition) is 5. The molecular formula is C18H16N4O2. The fourth-order valence-corrected chi connectivity index (χ4v) is 2.90. The summed E-state index contributed by atoms with van der Waals surface area (Å²) in [5.41, 5.74) is 2.15. The fourth-order valence-electron chi connectivity index (χ4n) is 2.90. The normalized spacial score (nSPS) is 17.2. The van der Waals surface area contributed by atoms with Gasteiger partial charge in [0.2, 0.25) is 0 Å². The topological polar surface area (TPSA) is 68.2 Å². The maximum Gasteiger partial charge on any atom is 0.254 e. The van der Waals surface area contributed by atoms with E-state index in [0.29, 0.717) is 18.7 Å². The van der Waals surface area contributed by atoms with Gasteiger partial charge in [0.15, 0.2) is 0 Å². The molecule has 2 aromatic heterocycles. The molecule has 6 heteroatoms. The van der Waals surface area contributed by atoms with Gasteiger partial charge < -0.3 is 9.64 Å². The summed E-state index contributed by atoms with van der Waals surface area (Å²) >= 11 is 0. The van der Waals surface area contributed by atoms with Gasteiger partial charge in [-0.25, -0.2) is 0 Å². The van der Waals surface area contributed by atoms with E-state index in [-0.39, 0.29) is 12.0 Å². The monoisotopic (exact) mass is 320 g/mol. The van der Waals surface area contributed by atoms with Crippen molar-refractivity contribution in [3.63, 3.8) is 0 Å². The zero-order chi connectivity index (χ0) is 16.4. The third kappa shape index (κ3) is 2.90. The summed E-state index contributed by atoms with van der Waals surface area (Å²) in [5.74, 6) is 0.786. The summed E-state index contributed by atoms with van der Waals surface area (Å²) in [6.07, 6.45) is 7.50. The average molecular weight is 320 g/mol. The van der Waals surface area contributed by atoms with E-state index in [0.717, 1.165) is 23.2 Å². The molecule has 0 spiro atoms. The summed E-state index contributed by atoms with van der Waals surface area (Å²) in [7, 11) is 0. The number of benzene rings is 1. The Morgan fingerprint density at radius 3 is 2.67 bits per heavy atom. The van der Waals surface area contributed by atoms with Crippen LogP contribution in [0.5, 0.6) is 5.75 Å². The van der Waals surface area contributed by atoms with Crippen LogP contribution >= 0.6 is 0 Å². The Labute approximate surface area is 139 Å². The van der Waals surface area contributed by atoms with E-state index in [2.05, 4.69) is 15.0 Å². The Morgan fingerprint density at radius 1 is 1.04 bits per heavy atom. The van der Waals surface area contributed by atoms with Crippen molar-refractivity contribution in [2.75, 3.05) is 13.1 Å². The van der Waals surface area contributed by atoms with Gasteiger partial charge in [0.05, 0.1) is 17.6 Å². The Morgan fingerprint density at radius 2 is 1.83 bits per heavy atom. The van der Waals surface area contributed by atoms with Crippen LogP contribution in [-0.2, 0) is 0 Å². The van der Waals surface area contributed by atoms with Crippen molar-refractivity contribution >= 4 is 16.9 Å². The largest absolute Gasteiger partial charge is 0.488 e. The number of nitrogens with zero attached hydrogens (tertiary/aromatic N) is 4. The van der Waals surface area contributed by atoms with Crippen LogP contribution in [0.15, 0.2) is 55.1 Å². The molecule has 1 unspecified atom stereocenters. The number of hydrogen-bond donors (Lipinski definition) is 0. The van der Waals surface area contributed by atoms with Crippen molar-refractivity contribution in [2.45, 2.75) is 12.5 Å². The summed E-state index contributed by atoms with van der Waals surface area (Å²) in [4.78, 5) is 27.0. The van der Waals surface area contributed by atoms with Crippen LogP contribution in [0, 0.1) is 0 Å². The number of fused-ring (bicyclic) bond motifs is 1. The van der Waals surface area contributed by atoms with Gasteiger partial charge in [0.1, 0.15) is 11.9 Å². The first kappa shape index (κ1) is 14.6. The molecule has 1 fully saturated rings. The van der Waals surface area contributed by atoms with Gasteiger partial charge in [-0.15, -0.1) is 0 Å². The summed E-state index contributed by atoms with van der Waals surface area (Å²) in [5, 5.41) is 0. The summed E-state index contributed by atoms with van der Waals surface area (Å²) in [6.45, 7) is 1.27. The maximum atomic E-state index is 12.7. The molecule has 24 heavy (non-hydrogen) atoms. The lowest BCUT2D eigenvalue weighted by Crippen LogP contribution is -2.30. The average Bonchev–Trinajstić information content (AvgIpc) is 3.10. The van der Waals surface area contributed by atoms with E-state index in [1.165, 1.54) is 0 Å². The van der Waals surface area contributed by atoms with Crippen molar-refractivity contribution in [1.82, 2.24) is 19.9 Å². The van der Waals surface area contributed by atoms with Crippen LogP contribution in [0.4, 0.5) is 0 Å². The predicted molar refractivity (Wildman–Crippen MR) is 88.7 cm³/mol. The number of likely N-dealkylation sites (tertiary alicyclic amines) is 1. The van der Waals surface area contributed by atoms with Crippen molar-refractivity contribution in [1.29, 1.82) is 0 Å². The standard InChI is InChI=1S/C18H16N4O2/c23-18(13-1-2-16-17(11-13)21-9-8-20-16)22-10-5-15(12-22)24-14-3-6-19-7-4-14/h1-4,6-9,11,15H,5,10,12H2. The minimum atomic E-state index is 0.00313. The van der Waals surface area contributed by atoms with Crippen LogP contribution in [0.3, 0.4) is 0 Å². The van der Waals surface area contributed by atoms with Crippen LogP contribution in [0.1, 0.15) is 16.8 Å². The van der Waals surface area contributed by atoms with E-state index in [9.17, 15) is 4.79 Å². The molecule has 1 amide bonds. The highest BCUT2D eigenvalue weighted by Gasteiger charge is 2.28. The third-order valence-corrected chi connectivity index (χ3v) is 4.10. The molecule has 1 aromatic carbocycles. The first-order chi connectivity index (χ1) is 11.8. The van der Waals surface area contributed by atoms with Gasteiger partial charge in [0.25, 0.3) is 5.91 Å². The van der Waals surface area contributed by atoms with Gasteiger partial charge in [0, 0.05) is 43.3 Å². The number of carbonyl (C=O) groups excluding carboxylic acids is 1. The van der Waals surface area contributed by atoms with Crippen molar-refractivity contribution in [3.8, 4) is 5.75 Å². The lowest BCUT2D eigenvalue weighted by atomic mass is 10.1. The molecule has 3 aromatic rings. The van der Waals surface area contributed by atoms with Gasteiger partial charge in [-0.3, -0.25) is 19.7 Å². The van der Waals surface area contributed by atoms with Gasteiger partial charge in [-0.05, 0) is 30.3 Å². The molecular weight excluding hydrogens is 304 g/mol. The molecule has 4 rings (SSSR count). The smallest absolute Gasteiger partial charge is 0.254 e. The van der Waals surface area contributed by atoms with Crippen molar-refractivity contribution in [3.05, 3.63) is 60.7 Å². The number of amides is 1. The summed E-state index contributed by atoms with van der Waals surface area (Å²) < 4.78 is 5.91. The number of rotatable bonds is 3. The molecule has 3 heterocycles. The molecule has 0 aliphatic carbocycles. The van der Waals surface area contributed by atoms with Crippen LogP contribution in [0.25, 0.3) is 11.0 Å². The number of pyridine rings is 1. The highest BCUT2D eigenvalue weighted by Crippen LogP contribution is 2.20. The minimum absolute atomic E-state index is 0.00313. The van der Waals surface area contributed by atoms with Gasteiger partial charge >= 0.3 is 0 Å². The minimum Gasteiger partial charge on any atom is -0.488 e. The molecule has 0 bridgehead atoms. The SMILES string of the molecule is O=C(c1ccc2nccnc2c1)N1CCC(Oc2ccncc2)C1. The Kier molecular flexibility index (Phi) is 3.78. The molecule has 1 aliphatic heterocycles. The van der Waals surface area contributed by atoms with E-state index < -0.39 is 0 Å². The molecule has 0 N–H and O–H groups in total. The maximum absolute atomic E-state index is 12.7. The van der Waals surface area contributed by atoms with E-state index in [1.54, 1.807) is 36.9 Å². The second-order valence-electron chi connectivity index (χ2n) is 5.72. The quantitative estimate of drug-likeness (QED) is 0.741. The first-order valence-corrected chi connectivity index (χ1v) is 7.86. The Bertz CT molecular complexity index is 869. The molecule has 0 radical (unpaired) electrons. The highest BCUT2D eigenvalue weighted by atomic mass is 16.5. The molecule has 0 saturated carbocycles. The number of aromatic nitrogens is 3. The summed E-state index contributed by atoms with van der Waals surface area (Å²) in [6, 6.07) is 9.08. The van der Waals surface area contributed by atoms with Crippen LogP contribution < -0.4 is 4.74 Å². The molecule has 120 valence electrons. The number of carbonyl (C=O) groups is 1. The van der Waals surface area contributed by atoms with E-state index in [1.807, 2.05) is 23.1 Å². The molecule has 6 nitrogen and oxygen atoms in total. The first-order valence-electron chi connectivity index (χ1n) is 7.86. The predicted octanol–water partition coefficient (Wildman–Crippen LogP) is 2.32. The van der Waals surface area contributed by atoms with Crippen molar-refractivity contribution < 1.29 is 9.53 Å². The van der Waals surface area contributed by atoms with Crippen LogP contribution in [0.2, 0.25) is 0 Å². The van der Waals surface area contributed by atoms with Gasteiger partial charge in [-0.2, -0.15) is 0 Å². The van der Waals surface area contributed by atoms with Crippen molar-refractivity contribution in [2.24, 2.45) is 0 Å². The number of ether oxygens (including phenoxy) is 1. The highest BCUT2D eigenvalue weighted by molar-refractivity contribution is 5.97. The second-order valence-corrected chi connectivity index (χ2v) is 5.72. The third-order valence-electron chi connectivity index (χ3n) is 4.10.